The van der Waals surface area contributed by atoms with Crippen LogP contribution in [0.3, 0.4) is 0 Å². The molecule has 1 aliphatic carbocycles. The molecule has 0 spiro atoms. The third-order valence-electron chi connectivity index (χ3n) is 4.97. The van der Waals surface area contributed by atoms with Crippen LogP contribution >= 0.6 is 0 Å². The second-order valence-corrected chi connectivity index (χ2v) is 7.17. The molecule has 21 heavy (non-hydrogen) atoms. The van der Waals surface area contributed by atoms with Crippen molar-refractivity contribution < 1.29 is 4.79 Å². The van der Waals surface area contributed by atoms with Crippen LogP contribution in [0.5, 0.6) is 0 Å². The van der Waals surface area contributed by atoms with Crippen LogP contribution in [0, 0.1) is 24.7 Å². The van der Waals surface area contributed by atoms with Gasteiger partial charge in [-0.1, -0.05) is 50.6 Å². The largest absolute Gasteiger partial charge is 0.321 e. The van der Waals surface area contributed by atoms with Crippen LogP contribution in [0.15, 0.2) is 24.3 Å². The van der Waals surface area contributed by atoms with Gasteiger partial charge >= 0.3 is 0 Å². The molecule has 1 amide bonds. The van der Waals surface area contributed by atoms with Crippen molar-refractivity contribution in [3.05, 3.63) is 35.4 Å². The zero-order chi connectivity index (χ0) is 15.1. The summed E-state index contributed by atoms with van der Waals surface area (Å²) in [5.41, 5.74) is 2.45. The van der Waals surface area contributed by atoms with Crippen LogP contribution in [-0.4, -0.2) is 23.4 Å². The topological polar surface area (TPSA) is 32.3 Å². The van der Waals surface area contributed by atoms with Gasteiger partial charge in [-0.15, -0.1) is 0 Å². The lowest BCUT2D eigenvalue weighted by atomic mass is 10.0. The fourth-order valence-electron chi connectivity index (χ4n) is 3.24. The third-order valence-corrected chi connectivity index (χ3v) is 4.97. The maximum Gasteiger partial charge on any atom is 0.241 e. The number of benzene rings is 1. The fourth-order valence-corrected chi connectivity index (χ4v) is 3.24. The number of hydrogen-bond acceptors (Lipinski definition) is 2. The fraction of sp³-hybridized carbons (Fsp3) is 0.611. The number of carbonyl (C=O) groups excluding carboxylic acids is 1. The molecule has 114 valence electrons. The monoisotopic (exact) mass is 286 g/mol. The van der Waals surface area contributed by atoms with Crippen molar-refractivity contribution in [2.75, 3.05) is 6.54 Å². The highest BCUT2D eigenvalue weighted by molar-refractivity contribution is 5.85. The molecule has 1 aliphatic heterocycles. The molecule has 1 aromatic rings. The summed E-state index contributed by atoms with van der Waals surface area (Å²) in [7, 11) is 0. The highest BCUT2D eigenvalue weighted by Crippen LogP contribution is 2.41. The van der Waals surface area contributed by atoms with Crippen molar-refractivity contribution in [3.8, 4) is 0 Å². The summed E-state index contributed by atoms with van der Waals surface area (Å²) in [6.45, 7) is 9.50. The Morgan fingerprint density at radius 2 is 1.90 bits per heavy atom. The van der Waals surface area contributed by atoms with Gasteiger partial charge in [-0.3, -0.25) is 10.1 Å². The molecule has 3 nitrogen and oxygen atoms in total. The molecule has 2 aliphatic rings. The van der Waals surface area contributed by atoms with Crippen LogP contribution < -0.4 is 5.32 Å². The van der Waals surface area contributed by atoms with Crippen LogP contribution in [0.4, 0.5) is 0 Å². The molecule has 0 radical (unpaired) electrons. The Kier molecular flexibility index (Phi) is 3.78. The second-order valence-electron chi connectivity index (χ2n) is 7.17. The van der Waals surface area contributed by atoms with E-state index in [9.17, 15) is 4.79 Å². The van der Waals surface area contributed by atoms with E-state index in [1.54, 1.807) is 0 Å². The predicted molar refractivity (Wildman–Crippen MR) is 84.7 cm³/mol. The van der Waals surface area contributed by atoms with Gasteiger partial charge in [0.05, 0.1) is 6.04 Å². The van der Waals surface area contributed by atoms with E-state index >= 15 is 0 Å². The number of nitrogens with zero attached hydrogens (tertiary/aromatic N) is 1. The Morgan fingerprint density at radius 3 is 2.43 bits per heavy atom. The summed E-state index contributed by atoms with van der Waals surface area (Å²) in [5, 5.41) is 3.55. The van der Waals surface area contributed by atoms with E-state index in [1.165, 1.54) is 17.5 Å². The summed E-state index contributed by atoms with van der Waals surface area (Å²) in [4.78, 5) is 14.8. The van der Waals surface area contributed by atoms with Crippen LogP contribution in [0.2, 0.25) is 0 Å². The molecule has 1 aromatic carbocycles. The lowest BCUT2D eigenvalue weighted by molar-refractivity contribution is -0.131. The number of rotatable bonds is 4. The summed E-state index contributed by atoms with van der Waals surface area (Å²) in [6.07, 6.45) is 1.30. The molecule has 1 saturated heterocycles. The van der Waals surface area contributed by atoms with Gasteiger partial charge in [0.25, 0.3) is 0 Å². The van der Waals surface area contributed by atoms with E-state index in [0.717, 1.165) is 12.5 Å². The van der Waals surface area contributed by atoms with Crippen LogP contribution in [-0.2, 0) is 4.79 Å². The predicted octanol–water partition coefficient (Wildman–Crippen LogP) is 3.11. The Labute approximate surface area is 127 Å². The Hall–Kier alpha value is -1.35. The lowest BCUT2D eigenvalue weighted by Crippen LogP contribution is -2.35. The van der Waals surface area contributed by atoms with Crippen molar-refractivity contribution in [1.29, 1.82) is 0 Å². The first-order valence-electron chi connectivity index (χ1n) is 8.10. The zero-order valence-corrected chi connectivity index (χ0v) is 13.5. The molecule has 3 heteroatoms. The second kappa shape index (κ2) is 5.45. The molecule has 1 heterocycles. The Bertz CT molecular complexity index is 523. The SMILES string of the molecule is Cc1ccc(C2NC(C(C)C)C(=O)N2CC2CC2C)cc1. The smallest absolute Gasteiger partial charge is 0.241 e. The summed E-state index contributed by atoms with van der Waals surface area (Å²) in [5.74, 6) is 2.06. The van der Waals surface area contributed by atoms with Gasteiger partial charge in [-0.05, 0) is 36.7 Å². The molecular weight excluding hydrogens is 260 g/mol. The van der Waals surface area contributed by atoms with Crippen molar-refractivity contribution in [1.82, 2.24) is 10.2 Å². The van der Waals surface area contributed by atoms with Crippen molar-refractivity contribution in [2.45, 2.75) is 46.3 Å². The quantitative estimate of drug-likeness (QED) is 0.922. The summed E-state index contributed by atoms with van der Waals surface area (Å²) >= 11 is 0. The van der Waals surface area contributed by atoms with E-state index in [-0.39, 0.29) is 18.1 Å². The average molecular weight is 286 g/mol. The minimum atomic E-state index is -0.0506. The molecule has 2 fully saturated rings. The van der Waals surface area contributed by atoms with Gasteiger partial charge in [0.2, 0.25) is 5.91 Å². The van der Waals surface area contributed by atoms with Gasteiger partial charge in [0.15, 0.2) is 0 Å². The maximum atomic E-state index is 12.7. The number of nitrogens with one attached hydrogen (secondary N) is 1. The molecular formula is C18H26N2O. The minimum absolute atomic E-state index is 0.0401. The Morgan fingerprint density at radius 1 is 1.29 bits per heavy atom. The molecule has 3 rings (SSSR count). The minimum Gasteiger partial charge on any atom is -0.321 e. The van der Waals surface area contributed by atoms with Crippen molar-refractivity contribution in [3.63, 3.8) is 0 Å². The molecule has 1 N–H and O–H groups in total. The van der Waals surface area contributed by atoms with Crippen LogP contribution in [0.1, 0.15) is 44.5 Å². The molecule has 1 saturated carbocycles. The Balaban J connectivity index is 1.84. The summed E-state index contributed by atoms with van der Waals surface area (Å²) in [6, 6.07) is 8.49. The van der Waals surface area contributed by atoms with Gasteiger partial charge in [-0.2, -0.15) is 0 Å². The number of hydrogen-bond donors (Lipinski definition) is 1. The average Bonchev–Trinajstić information content (AvgIpc) is 3.03. The van der Waals surface area contributed by atoms with Crippen molar-refractivity contribution >= 4 is 5.91 Å². The van der Waals surface area contributed by atoms with Gasteiger partial charge < -0.3 is 4.90 Å². The van der Waals surface area contributed by atoms with E-state index in [0.29, 0.717) is 11.8 Å². The molecule has 4 atom stereocenters. The number of amides is 1. The highest BCUT2D eigenvalue weighted by atomic mass is 16.2. The first-order valence-corrected chi connectivity index (χ1v) is 8.10. The first kappa shape index (κ1) is 14.6. The van der Waals surface area contributed by atoms with E-state index in [4.69, 9.17) is 0 Å². The zero-order valence-electron chi connectivity index (χ0n) is 13.5. The van der Waals surface area contributed by atoms with E-state index < -0.39 is 0 Å². The third kappa shape index (κ3) is 2.84. The summed E-state index contributed by atoms with van der Waals surface area (Å²) < 4.78 is 0. The van der Waals surface area contributed by atoms with Crippen molar-refractivity contribution in [2.24, 2.45) is 17.8 Å². The van der Waals surface area contributed by atoms with Gasteiger partial charge in [0.1, 0.15) is 6.17 Å². The van der Waals surface area contributed by atoms with Gasteiger partial charge in [0, 0.05) is 6.54 Å². The highest BCUT2D eigenvalue weighted by Gasteiger charge is 2.44. The first-order chi connectivity index (χ1) is 9.97. The lowest BCUT2D eigenvalue weighted by Gasteiger charge is -2.24. The van der Waals surface area contributed by atoms with Crippen LogP contribution in [0.25, 0.3) is 0 Å². The maximum absolute atomic E-state index is 12.7. The molecule has 0 aromatic heterocycles. The van der Waals surface area contributed by atoms with E-state index in [1.807, 2.05) is 0 Å². The molecule has 4 unspecified atom stereocenters. The van der Waals surface area contributed by atoms with E-state index in [2.05, 4.69) is 62.2 Å². The van der Waals surface area contributed by atoms with Gasteiger partial charge in [-0.25, -0.2) is 0 Å². The standard InChI is InChI=1S/C18H26N2O/c1-11(2)16-18(21)20(10-15-9-13(15)4)17(19-16)14-7-5-12(3)6-8-14/h5-8,11,13,15-17,19H,9-10H2,1-4H3. The normalized spacial score (nSPS) is 32.0. The number of aryl methyl sites for hydroxylation is 1. The number of carbonyl (C=O) groups is 1. The molecule has 0 bridgehead atoms.